The van der Waals surface area contributed by atoms with E-state index in [1.807, 2.05) is 18.2 Å². The van der Waals surface area contributed by atoms with Crippen LogP contribution in [0.15, 0.2) is 23.3 Å². The third-order valence-corrected chi connectivity index (χ3v) is 2.04. The first-order valence-corrected chi connectivity index (χ1v) is 4.17. The molecule has 64 valence electrons. The summed E-state index contributed by atoms with van der Waals surface area (Å²) in [7, 11) is 0. The second kappa shape index (κ2) is 4.12. The number of rotatable bonds is 2. The van der Waals surface area contributed by atoms with Crippen molar-refractivity contribution < 1.29 is 0 Å². The van der Waals surface area contributed by atoms with Crippen LogP contribution >= 0.6 is 11.6 Å². The molecule has 12 heavy (non-hydrogen) atoms. The van der Waals surface area contributed by atoms with E-state index in [2.05, 4.69) is 12.0 Å². The van der Waals surface area contributed by atoms with Crippen molar-refractivity contribution in [2.24, 2.45) is 10.9 Å². The summed E-state index contributed by atoms with van der Waals surface area (Å²) in [5.41, 5.74) is 2.10. The number of benzene rings is 1. The zero-order chi connectivity index (χ0) is 8.97. The summed E-state index contributed by atoms with van der Waals surface area (Å²) < 4.78 is 0. The van der Waals surface area contributed by atoms with Gasteiger partial charge in [0.25, 0.3) is 0 Å². The Morgan fingerprint density at radius 1 is 1.58 bits per heavy atom. The molecule has 3 heteroatoms. The summed E-state index contributed by atoms with van der Waals surface area (Å²) in [5.74, 6) is 5.03. The Bertz CT molecular complexity index is 295. The Balaban J connectivity index is 3.05. The molecule has 0 unspecified atom stereocenters. The van der Waals surface area contributed by atoms with Gasteiger partial charge in [-0.1, -0.05) is 24.6 Å². The first kappa shape index (κ1) is 9.07. The van der Waals surface area contributed by atoms with E-state index in [9.17, 15) is 0 Å². The lowest BCUT2D eigenvalue weighted by Crippen LogP contribution is -1.89. The summed E-state index contributed by atoms with van der Waals surface area (Å²) in [6, 6.07) is 5.73. The van der Waals surface area contributed by atoms with Gasteiger partial charge in [0.05, 0.1) is 6.21 Å². The lowest BCUT2D eigenvalue weighted by Gasteiger charge is -2.00. The van der Waals surface area contributed by atoms with E-state index in [1.165, 1.54) is 0 Å². The molecule has 1 aromatic carbocycles. The number of hydrogen-bond donors (Lipinski definition) is 1. The smallest absolute Gasteiger partial charge is 0.0538 e. The first-order chi connectivity index (χ1) is 5.77. The number of halogens is 1. The van der Waals surface area contributed by atoms with Crippen molar-refractivity contribution in [2.45, 2.75) is 13.3 Å². The first-order valence-electron chi connectivity index (χ1n) is 3.79. The van der Waals surface area contributed by atoms with Crippen molar-refractivity contribution in [3.05, 3.63) is 34.3 Å². The molecule has 0 aliphatic heterocycles. The maximum atomic E-state index is 5.92. The Labute approximate surface area is 77.0 Å². The number of hydrazone groups is 1. The molecule has 0 aromatic heterocycles. The number of nitrogens with zero attached hydrogens (tertiary/aromatic N) is 1. The van der Waals surface area contributed by atoms with Gasteiger partial charge in [0.2, 0.25) is 0 Å². The van der Waals surface area contributed by atoms with Crippen molar-refractivity contribution in [2.75, 3.05) is 0 Å². The fraction of sp³-hybridized carbons (Fsp3) is 0.222. The van der Waals surface area contributed by atoms with E-state index >= 15 is 0 Å². The number of nitrogens with two attached hydrogens (primary N) is 1. The van der Waals surface area contributed by atoms with Crippen molar-refractivity contribution in [3.63, 3.8) is 0 Å². The molecule has 0 aliphatic carbocycles. The maximum Gasteiger partial charge on any atom is 0.0538 e. The molecule has 0 saturated carbocycles. The molecule has 0 bridgehead atoms. The molecule has 0 spiro atoms. The van der Waals surface area contributed by atoms with Crippen LogP contribution in [-0.2, 0) is 6.42 Å². The van der Waals surface area contributed by atoms with Gasteiger partial charge in [-0.2, -0.15) is 5.10 Å². The molecular formula is C9H11ClN2. The summed E-state index contributed by atoms with van der Waals surface area (Å²) in [5, 5.41) is 4.24. The van der Waals surface area contributed by atoms with Gasteiger partial charge in [-0.15, -0.1) is 0 Å². The van der Waals surface area contributed by atoms with Crippen LogP contribution in [0.25, 0.3) is 0 Å². The molecule has 2 N–H and O–H groups in total. The highest BCUT2D eigenvalue weighted by molar-refractivity contribution is 6.31. The predicted octanol–water partition coefficient (Wildman–Crippen LogP) is 2.20. The SMILES string of the molecule is CCc1cc(C=NN)ccc1Cl. The quantitative estimate of drug-likeness (QED) is 0.425. The van der Waals surface area contributed by atoms with Crippen LogP contribution in [0.4, 0.5) is 0 Å². The Morgan fingerprint density at radius 2 is 2.33 bits per heavy atom. The average molecular weight is 183 g/mol. The van der Waals surface area contributed by atoms with E-state index in [1.54, 1.807) is 6.21 Å². The van der Waals surface area contributed by atoms with Crippen molar-refractivity contribution in [3.8, 4) is 0 Å². The molecule has 0 saturated heterocycles. The fourth-order valence-corrected chi connectivity index (χ4v) is 1.28. The Morgan fingerprint density at radius 3 is 2.92 bits per heavy atom. The summed E-state index contributed by atoms with van der Waals surface area (Å²) >= 11 is 5.92. The zero-order valence-electron chi connectivity index (χ0n) is 6.92. The molecular weight excluding hydrogens is 172 g/mol. The maximum absolute atomic E-state index is 5.92. The van der Waals surface area contributed by atoms with Crippen LogP contribution in [0, 0.1) is 0 Å². The van der Waals surface area contributed by atoms with Gasteiger partial charge < -0.3 is 5.84 Å². The molecule has 1 rings (SSSR count). The van der Waals surface area contributed by atoms with Crippen LogP contribution in [0.2, 0.25) is 5.02 Å². The standard InChI is InChI=1S/C9H11ClN2/c1-2-8-5-7(6-12-11)3-4-9(8)10/h3-6H,2,11H2,1H3. The van der Waals surface area contributed by atoms with Gasteiger partial charge >= 0.3 is 0 Å². The third-order valence-electron chi connectivity index (χ3n) is 1.67. The molecule has 0 fully saturated rings. The minimum atomic E-state index is 0.798. The van der Waals surface area contributed by atoms with E-state index in [0.717, 1.165) is 22.6 Å². The lowest BCUT2D eigenvalue weighted by atomic mass is 10.1. The van der Waals surface area contributed by atoms with Gasteiger partial charge in [-0.3, -0.25) is 0 Å². The molecule has 1 aromatic rings. The van der Waals surface area contributed by atoms with Gasteiger partial charge in [0, 0.05) is 5.02 Å². The minimum absolute atomic E-state index is 0.798. The predicted molar refractivity (Wildman–Crippen MR) is 52.6 cm³/mol. The van der Waals surface area contributed by atoms with Crippen LogP contribution in [-0.4, -0.2) is 6.21 Å². The van der Waals surface area contributed by atoms with E-state index in [4.69, 9.17) is 17.4 Å². The van der Waals surface area contributed by atoms with Crippen molar-refractivity contribution in [1.29, 1.82) is 0 Å². The molecule has 0 heterocycles. The summed E-state index contributed by atoms with van der Waals surface area (Å²) in [6.45, 7) is 2.06. The number of aryl methyl sites for hydroxylation is 1. The van der Waals surface area contributed by atoms with Gasteiger partial charge in [0.1, 0.15) is 0 Å². The van der Waals surface area contributed by atoms with Crippen molar-refractivity contribution in [1.82, 2.24) is 0 Å². The summed E-state index contributed by atoms with van der Waals surface area (Å²) in [6.07, 6.45) is 2.53. The molecule has 0 atom stereocenters. The minimum Gasteiger partial charge on any atom is -0.323 e. The monoisotopic (exact) mass is 182 g/mol. The molecule has 0 radical (unpaired) electrons. The van der Waals surface area contributed by atoms with Crippen LogP contribution in [0.1, 0.15) is 18.1 Å². The van der Waals surface area contributed by atoms with E-state index < -0.39 is 0 Å². The molecule has 0 aliphatic rings. The highest BCUT2D eigenvalue weighted by atomic mass is 35.5. The Kier molecular flexibility index (Phi) is 3.11. The topological polar surface area (TPSA) is 38.4 Å². The van der Waals surface area contributed by atoms with Gasteiger partial charge in [-0.25, -0.2) is 0 Å². The second-order valence-electron chi connectivity index (χ2n) is 2.48. The lowest BCUT2D eigenvalue weighted by molar-refractivity contribution is 1.14. The van der Waals surface area contributed by atoms with E-state index in [-0.39, 0.29) is 0 Å². The summed E-state index contributed by atoms with van der Waals surface area (Å²) in [4.78, 5) is 0. The second-order valence-corrected chi connectivity index (χ2v) is 2.89. The third kappa shape index (κ3) is 1.98. The highest BCUT2D eigenvalue weighted by Gasteiger charge is 1.97. The zero-order valence-corrected chi connectivity index (χ0v) is 7.67. The largest absolute Gasteiger partial charge is 0.323 e. The normalized spacial score (nSPS) is 10.8. The van der Waals surface area contributed by atoms with E-state index in [0.29, 0.717) is 0 Å². The Hall–Kier alpha value is -1.02. The fourth-order valence-electron chi connectivity index (χ4n) is 1.03. The van der Waals surface area contributed by atoms with Gasteiger partial charge in [0.15, 0.2) is 0 Å². The molecule has 2 nitrogen and oxygen atoms in total. The van der Waals surface area contributed by atoms with Crippen LogP contribution in [0.5, 0.6) is 0 Å². The van der Waals surface area contributed by atoms with Crippen LogP contribution < -0.4 is 5.84 Å². The molecule has 0 amide bonds. The number of hydrogen-bond acceptors (Lipinski definition) is 2. The van der Waals surface area contributed by atoms with Crippen molar-refractivity contribution >= 4 is 17.8 Å². The average Bonchev–Trinajstić information content (AvgIpc) is 2.09. The van der Waals surface area contributed by atoms with Crippen LogP contribution in [0.3, 0.4) is 0 Å². The van der Waals surface area contributed by atoms with Gasteiger partial charge in [-0.05, 0) is 29.7 Å². The highest BCUT2D eigenvalue weighted by Crippen LogP contribution is 2.17.